The van der Waals surface area contributed by atoms with Crippen LogP contribution in [0.5, 0.6) is 0 Å². The molecule has 0 aromatic heterocycles. The van der Waals surface area contributed by atoms with E-state index in [0.717, 1.165) is 11.1 Å². The van der Waals surface area contributed by atoms with Crippen LogP contribution in [0, 0.1) is 0 Å². The maximum Gasteiger partial charge on any atom is 0.161 e. The van der Waals surface area contributed by atoms with Gasteiger partial charge in [-0.15, -0.1) is 0 Å². The van der Waals surface area contributed by atoms with E-state index in [1.165, 1.54) is 6.92 Å². The minimum absolute atomic E-state index is 0.0263. The van der Waals surface area contributed by atoms with Crippen molar-refractivity contribution in [1.82, 2.24) is 0 Å². The minimum atomic E-state index is -0.0263. The molecule has 2 aromatic rings. The molecule has 0 heterocycles. The van der Waals surface area contributed by atoms with Crippen molar-refractivity contribution in [2.24, 2.45) is 0 Å². The van der Waals surface area contributed by atoms with Crippen molar-refractivity contribution in [1.29, 1.82) is 0 Å². The van der Waals surface area contributed by atoms with E-state index in [1.807, 2.05) is 30.3 Å². The van der Waals surface area contributed by atoms with Gasteiger partial charge in [-0.25, -0.2) is 0 Å². The van der Waals surface area contributed by atoms with Crippen LogP contribution in [0.2, 0.25) is 0 Å². The second-order valence-electron chi connectivity index (χ2n) is 3.98. The number of ketones is 1. The second kappa shape index (κ2) is 4.29. The molecule has 17 heavy (non-hydrogen) atoms. The van der Waals surface area contributed by atoms with Crippen LogP contribution in [-0.4, -0.2) is 5.78 Å². The van der Waals surface area contributed by atoms with E-state index in [9.17, 15) is 4.79 Å². The van der Waals surface area contributed by atoms with Crippen molar-refractivity contribution in [3.05, 3.63) is 48.0 Å². The predicted molar refractivity (Wildman–Crippen MR) is 70.7 cm³/mol. The zero-order valence-corrected chi connectivity index (χ0v) is 9.60. The van der Waals surface area contributed by atoms with Crippen LogP contribution in [0.4, 0.5) is 11.4 Å². The average Bonchev–Trinajstić information content (AvgIpc) is 2.28. The van der Waals surface area contributed by atoms with E-state index >= 15 is 0 Å². The van der Waals surface area contributed by atoms with Gasteiger partial charge < -0.3 is 11.5 Å². The van der Waals surface area contributed by atoms with E-state index in [2.05, 4.69) is 0 Å². The molecule has 0 atom stereocenters. The number of carbonyl (C=O) groups excluding carboxylic acids is 1. The number of hydrogen-bond acceptors (Lipinski definition) is 3. The molecule has 3 nitrogen and oxygen atoms in total. The summed E-state index contributed by atoms with van der Waals surface area (Å²) >= 11 is 0. The number of Topliss-reactive ketones (excluding diaryl/α,β-unsaturated/α-hetero) is 1. The minimum Gasteiger partial charge on any atom is -0.399 e. The van der Waals surface area contributed by atoms with Crippen LogP contribution < -0.4 is 11.5 Å². The van der Waals surface area contributed by atoms with E-state index < -0.39 is 0 Å². The quantitative estimate of drug-likeness (QED) is 0.611. The lowest BCUT2D eigenvalue weighted by molar-refractivity contribution is 0.101. The smallest absolute Gasteiger partial charge is 0.161 e. The molecular weight excluding hydrogens is 212 g/mol. The van der Waals surface area contributed by atoms with Gasteiger partial charge >= 0.3 is 0 Å². The second-order valence-corrected chi connectivity index (χ2v) is 3.98. The number of carbonyl (C=O) groups is 1. The van der Waals surface area contributed by atoms with E-state index in [-0.39, 0.29) is 5.78 Å². The van der Waals surface area contributed by atoms with Crippen LogP contribution in [0.15, 0.2) is 42.5 Å². The number of anilines is 2. The summed E-state index contributed by atoms with van der Waals surface area (Å²) in [5.74, 6) is -0.0263. The fourth-order valence-electron chi connectivity index (χ4n) is 1.78. The highest BCUT2D eigenvalue weighted by molar-refractivity contribution is 5.99. The molecule has 0 radical (unpaired) electrons. The third-order valence-corrected chi connectivity index (χ3v) is 2.65. The Morgan fingerprint density at radius 2 is 1.71 bits per heavy atom. The molecule has 0 fully saturated rings. The topological polar surface area (TPSA) is 69.1 Å². The van der Waals surface area contributed by atoms with Gasteiger partial charge in [-0.3, -0.25) is 4.79 Å². The molecule has 3 heteroatoms. The monoisotopic (exact) mass is 226 g/mol. The fraction of sp³-hybridized carbons (Fsp3) is 0.0714. The van der Waals surface area contributed by atoms with Crippen molar-refractivity contribution in [2.75, 3.05) is 11.5 Å². The molecule has 86 valence electrons. The number of nitrogens with two attached hydrogens (primary N) is 2. The first kappa shape index (κ1) is 11.2. The van der Waals surface area contributed by atoms with Crippen LogP contribution in [0.25, 0.3) is 11.1 Å². The van der Waals surface area contributed by atoms with Crippen molar-refractivity contribution in [2.45, 2.75) is 6.92 Å². The molecule has 0 aliphatic carbocycles. The standard InChI is InChI=1S/C14H14N2O/c1-9(17)13-6-5-11(8-14(13)16)10-3-2-4-12(15)7-10/h2-8H,15-16H2,1H3. The van der Waals surface area contributed by atoms with E-state index in [0.29, 0.717) is 16.9 Å². The van der Waals surface area contributed by atoms with Crippen molar-refractivity contribution >= 4 is 17.2 Å². The summed E-state index contributed by atoms with van der Waals surface area (Å²) < 4.78 is 0. The summed E-state index contributed by atoms with van der Waals surface area (Å²) in [7, 11) is 0. The molecule has 2 aromatic carbocycles. The lowest BCUT2D eigenvalue weighted by Gasteiger charge is -2.07. The summed E-state index contributed by atoms with van der Waals surface area (Å²) in [4.78, 5) is 11.3. The van der Waals surface area contributed by atoms with Gasteiger partial charge in [0, 0.05) is 16.9 Å². The molecule has 4 N–H and O–H groups in total. The third-order valence-electron chi connectivity index (χ3n) is 2.65. The Balaban J connectivity index is 2.48. The summed E-state index contributed by atoms with van der Waals surface area (Å²) in [6.07, 6.45) is 0. The average molecular weight is 226 g/mol. The zero-order chi connectivity index (χ0) is 12.4. The number of hydrogen-bond donors (Lipinski definition) is 2. The lowest BCUT2D eigenvalue weighted by atomic mass is 10.0. The Morgan fingerprint density at radius 1 is 1.00 bits per heavy atom. The van der Waals surface area contributed by atoms with Crippen molar-refractivity contribution in [3.63, 3.8) is 0 Å². The first-order valence-corrected chi connectivity index (χ1v) is 5.34. The normalized spacial score (nSPS) is 10.2. The summed E-state index contributed by atoms with van der Waals surface area (Å²) in [5.41, 5.74) is 15.3. The van der Waals surface area contributed by atoms with Gasteiger partial charge in [0.15, 0.2) is 5.78 Å². The van der Waals surface area contributed by atoms with Crippen molar-refractivity contribution < 1.29 is 4.79 Å². The highest BCUT2D eigenvalue weighted by atomic mass is 16.1. The van der Waals surface area contributed by atoms with Gasteiger partial charge in [-0.1, -0.05) is 18.2 Å². The Morgan fingerprint density at radius 3 is 2.29 bits per heavy atom. The molecule has 0 unspecified atom stereocenters. The molecule has 0 aliphatic rings. The zero-order valence-electron chi connectivity index (χ0n) is 9.60. The Hall–Kier alpha value is -2.29. The van der Waals surface area contributed by atoms with Crippen molar-refractivity contribution in [3.8, 4) is 11.1 Å². The highest BCUT2D eigenvalue weighted by Gasteiger charge is 2.06. The molecular formula is C14H14N2O. The Kier molecular flexibility index (Phi) is 2.83. The maximum absolute atomic E-state index is 11.3. The van der Waals surface area contributed by atoms with Gasteiger partial charge in [0.2, 0.25) is 0 Å². The summed E-state index contributed by atoms with van der Waals surface area (Å²) in [6, 6.07) is 13.0. The van der Waals surface area contributed by atoms with Gasteiger partial charge in [0.05, 0.1) is 0 Å². The number of rotatable bonds is 2. The van der Waals surface area contributed by atoms with Gasteiger partial charge in [-0.2, -0.15) is 0 Å². The van der Waals surface area contributed by atoms with Crippen LogP contribution in [-0.2, 0) is 0 Å². The third kappa shape index (κ3) is 2.28. The van der Waals surface area contributed by atoms with E-state index in [1.54, 1.807) is 12.1 Å². The molecule has 0 saturated heterocycles. The van der Waals surface area contributed by atoms with Crippen LogP contribution in [0.1, 0.15) is 17.3 Å². The van der Waals surface area contributed by atoms with Crippen LogP contribution in [0.3, 0.4) is 0 Å². The molecule has 2 rings (SSSR count). The van der Waals surface area contributed by atoms with Gasteiger partial charge in [0.25, 0.3) is 0 Å². The summed E-state index contributed by atoms with van der Waals surface area (Å²) in [6.45, 7) is 1.51. The maximum atomic E-state index is 11.3. The number of nitrogen functional groups attached to an aromatic ring is 2. The predicted octanol–water partition coefficient (Wildman–Crippen LogP) is 2.72. The Labute approximate surface area is 100 Å². The molecule has 0 saturated carbocycles. The fourth-order valence-corrected chi connectivity index (χ4v) is 1.78. The highest BCUT2D eigenvalue weighted by Crippen LogP contribution is 2.25. The molecule has 0 aliphatic heterocycles. The Bertz CT molecular complexity index is 576. The van der Waals surface area contributed by atoms with Gasteiger partial charge in [0.1, 0.15) is 0 Å². The first-order valence-electron chi connectivity index (χ1n) is 5.34. The molecule has 0 amide bonds. The SMILES string of the molecule is CC(=O)c1ccc(-c2cccc(N)c2)cc1N. The lowest BCUT2D eigenvalue weighted by Crippen LogP contribution is -1.99. The molecule has 0 spiro atoms. The van der Waals surface area contributed by atoms with Gasteiger partial charge in [-0.05, 0) is 42.3 Å². The number of benzene rings is 2. The van der Waals surface area contributed by atoms with Crippen LogP contribution >= 0.6 is 0 Å². The largest absolute Gasteiger partial charge is 0.399 e. The molecule has 0 bridgehead atoms. The summed E-state index contributed by atoms with van der Waals surface area (Å²) in [5, 5.41) is 0. The van der Waals surface area contributed by atoms with E-state index in [4.69, 9.17) is 11.5 Å². The first-order chi connectivity index (χ1) is 8.08.